The Hall–Kier alpha value is -2.15. The smallest absolute Gasteiger partial charge is 0.272 e. The lowest BCUT2D eigenvalue weighted by molar-refractivity contribution is 0.0921. The summed E-state index contributed by atoms with van der Waals surface area (Å²) in [6, 6.07) is 7.07. The molecule has 1 N–H and O–H groups in total. The summed E-state index contributed by atoms with van der Waals surface area (Å²) < 4.78 is 26.9. The second kappa shape index (κ2) is 5.98. The van der Waals surface area contributed by atoms with Gasteiger partial charge in [-0.15, -0.1) is 0 Å². The minimum atomic E-state index is -3.46. The molecule has 1 aliphatic heterocycles. The molecule has 25 heavy (non-hydrogen) atoms. The largest absolute Gasteiger partial charge is 0.348 e. The predicted molar refractivity (Wildman–Crippen MR) is 93.9 cm³/mol. The molecule has 0 spiro atoms. The number of benzene rings is 1. The van der Waals surface area contributed by atoms with Gasteiger partial charge in [-0.25, -0.2) is 8.42 Å². The zero-order valence-electron chi connectivity index (χ0n) is 14.2. The van der Waals surface area contributed by atoms with Crippen LogP contribution in [0.25, 0.3) is 11.3 Å². The first kappa shape index (κ1) is 16.3. The maximum Gasteiger partial charge on any atom is 0.272 e. The zero-order chi connectivity index (χ0) is 17.6. The summed E-state index contributed by atoms with van der Waals surface area (Å²) in [5, 5.41) is 7.40. The summed E-state index contributed by atoms with van der Waals surface area (Å²) in [5.74, 6) is -0.445. The number of nitrogens with one attached hydrogen (secondary N) is 1. The van der Waals surface area contributed by atoms with Crippen LogP contribution in [0, 0.1) is 0 Å². The molecule has 0 unspecified atom stereocenters. The number of hydrogen-bond donors (Lipinski definition) is 1. The molecule has 1 aliphatic carbocycles. The molecular weight excluding hydrogens is 338 g/mol. The van der Waals surface area contributed by atoms with E-state index in [-0.39, 0.29) is 23.4 Å². The number of fused-ring (bicyclic) bond motifs is 3. The highest BCUT2D eigenvalue weighted by Crippen LogP contribution is 2.38. The molecule has 1 amide bonds. The molecule has 1 fully saturated rings. The van der Waals surface area contributed by atoms with Gasteiger partial charge in [0.05, 0.1) is 16.3 Å². The van der Waals surface area contributed by atoms with Crippen molar-refractivity contribution < 1.29 is 13.2 Å². The van der Waals surface area contributed by atoms with Gasteiger partial charge in [0, 0.05) is 24.2 Å². The van der Waals surface area contributed by atoms with Crippen molar-refractivity contribution >= 4 is 15.7 Å². The topological polar surface area (TPSA) is 81.1 Å². The van der Waals surface area contributed by atoms with Gasteiger partial charge in [-0.05, 0) is 18.9 Å². The quantitative estimate of drug-likeness (QED) is 0.893. The Labute approximate surface area is 147 Å². The van der Waals surface area contributed by atoms with Crippen molar-refractivity contribution in [2.24, 2.45) is 7.05 Å². The van der Waals surface area contributed by atoms with Crippen molar-refractivity contribution in [1.82, 2.24) is 15.1 Å². The van der Waals surface area contributed by atoms with Gasteiger partial charge >= 0.3 is 0 Å². The summed E-state index contributed by atoms with van der Waals surface area (Å²) in [7, 11) is -1.71. The minimum Gasteiger partial charge on any atom is -0.348 e. The Bertz CT molecular complexity index is 940. The van der Waals surface area contributed by atoms with E-state index in [1.807, 2.05) is 0 Å². The average molecular weight is 359 g/mol. The molecule has 7 heteroatoms. The lowest BCUT2D eigenvalue weighted by Gasteiger charge is -2.22. The Morgan fingerprint density at radius 2 is 1.92 bits per heavy atom. The number of aryl methyl sites for hydroxylation is 1. The van der Waals surface area contributed by atoms with Gasteiger partial charge in [-0.2, -0.15) is 5.10 Å². The zero-order valence-corrected chi connectivity index (χ0v) is 15.0. The fourth-order valence-electron chi connectivity index (χ4n) is 3.93. The van der Waals surface area contributed by atoms with E-state index in [2.05, 4.69) is 10.4 Å². The van der Waals surface area contributed by atoms with Crippen LogP contribution in [0.5, 0.6) is 0 Å². The van der Waals surface area contributed by atoms with Crippen molar-refractivity contribution in [1.29, 1.82) is 0 Å². The molecule has 6 nitrogen and oxygen atoms in total. The van der Waals surface area contributed by atoms with Crippen LogP contribution in [0.4, 0.5) is 0 Å². The number of hydrogen-bond acceptors (Lipinski definition) is 4. The van der Waals surface area contributed by atoms with Gasteiger partial charge in [-0.3, -0.25) is 9.48 Å². The third-order valence-electron chi connectivity index (χ3n) is 5.11. The Kier molecular flexibility index (Phi) is 3.91. The number of amides is 1. The molecule has 2 heterocycles. The Morgan fingerprint density at radius 1 is 1.20 bits per heavy atom. The number of carbonyl (C=O) groups is 1. The van der Waals surface area contributed by atoms with Gasteiger partial charge in [-0.1, -0.05) is 37.5 Å². The van der Waals surface area contributed by atoms with Crippen LogP contribution in [0.3, 0.4) is 0 Å². The molecule has 0 radical (unpaired) electrons. The number of aromatic nitrogens is 2. The summed E-state index contributed by atoms with van der Waals surface area (Å²) in [6.07, 6.45) is 5.39. The highest BCUT2D eigenvalue weighted by atomic mass is 32.2. The van der Waals surface area contributed by atoms with E-state index in [9.17, 15) is 13.2 Å². The SMILES string of the molecule is Cn1nc(C(=O)NC2CCCCC2)c2c1-c1ccccc1S(=O)(=O)C2. The number of nitrogens with zero attached hydrogens (tertiary/aromatic N) is 2. The molecule has 132 valence electrons. The van der Waals surface area contributed by atoms with E-state index in [0.717, 1.165) is 31.4 Å². The van der Waals surface area contributed by atoms with Gasteiger partial charge in [0.1, 0.15) is 0 Å². The first-order valence-electron chi connectivity index (χ1n) is 8.66. The van der Waals surface area contributed by atoms with E-state index < -0.39 is 9.84 Å². The molecule has 0 bridgehead atoms. The number of sulfone groups is 1. The summed E-state index contributed by atoms with van der Waals surface area (Å²) in [4.78, 5) is 13.0. The average Bonchev–Trinajstić information content (AvgIpc) is 2.92. The monoisotopic (exact) mass is 359 g/mol. The van der Waals surface area contributed by atoms with E-state index in [0.29, 0.717) is 16.0 Å². The third-order valence-corrected chi connectivity index (χ3v) is 6.81. The maximum absolute atomic E-state index is 12.7. The van der Waals surface area contributed by atoms with E-state index in [1.54, 1.807) is 36.0 Å². The van der Waals surface area contributed by atoms with Gasteiger partial charge in [0.25, 0.3) is 5.91 Å². The molecule has 4 rings (SSSR count). The van der Waals surface area contributed by atoms with Crippen LogP contribution < -0.4 is 5.32 Å². The molecule has 2 aromatic rings. The van der Waals surface area contributed by atoms with Crippen LogP contribution in [0.15, 0.2) is 29.2 Å². The van der Waals surface area contributed by atoms with E-state index in [1.165, 1.54) is 6.42 Å². The molecule has 2 aliphatic rings. The van der Waals surface area contributed by atoms with Crippen LogP contribution in [0.2, 0.25) is 0 Å². The molecule has 1 aromatic heterocycles. The summed E-state index contributed by atoms with van der Waals surface area (Å²) in [5.41, 5.74) is 2.09. The van der Waals surface area contributed by atoms with Crippen LogP contribution in [-0.4, -0.2) is 30.1 Å². The second-order valence-corrected chi connectivity index (χ2v) is 8.82. The van der Waals surface area contributed by atoms with Crippen LogP contribution >= 0.6 is 0 Å². The standard InChI is InChI=1S/C18H21N3O3S/c1-21-17-13-9-5-6-10-15(13)25(23,24)11-14(17)16(20-21)18(22)19-12-7-3-2-4-8-12/h5-6,9-10,12H,2-4,7-8,11H2,1H3,(H,19,22). The summed E-state index contributed by atoms with van der Waals surface area (Å²) >= 11 is 0. The Balaban J connectivity index is 1.75. The Morgan fingerprint density at radius 3 is 2.68 bits per heavy atom. The van der Waals surface area contributed by atoms with Crippen molar-refractivity contribution in [3.8, 4) is 11.3 Å². The number of carbonyl (C=O) groups excluding carboxylic acids is 1. The molecule has 0 atom stereocenters. The molecule has 1 aromatic carbocycles. The summed E-state index contributed by atoms with van der Waals surface area (Å²) in [6.45, 7) is 0. The van der Waals surface area contributed by atoms with Crippen molar-refractivity contribution in [3.63, 3.8) is 0 Å². The normalized spacial score (nSPS) is 19.1. The predicted octanol–water partition coefficient (Wildman–Crippen LogP) is 2.44. The second-order valence-electron chi connectivity index (χ2n) is 6.86. The van der Waals surface area contributed by atoms with Crippen LogP contribution in [-0.2, 0) is 22.6 Å². The van der Waals surface area contributed by atoms with Gasteiger partial charge in [0.15, 0.2) is 15.5 Å². The lowest BCUT2D eigenvalue weighted by Crippen LogP contribution is -2.37. The number of rotatable bonds is 2. The van der Waals surface area contributed by atoms with Gasteiger partial charge in [0.2, 0.25) is 0 Å². The highest BCUT2D eigenvalue weighted by molar-refractivity contribution is 7.90. The lowest BCUT2D eigenvalue weighted by atomic mass is 9.95. The first-order valence-corrected chi connectivity index (χ1v) is 10.3. The fraction of sp³-hybridized carbons (Fsp3) is 0.444. The molecular formula is C18H21N3O3S. The third kappa shape index (κ3) is 2.76. The van der Waals surface area contributed by atoms with Gasteiger partial charge < -0.3 is 5.32 Å². The maximum atomic E-state index is 12.7. The highest BCUT2D eigenvalue weighted by Gasteiger charge is 2.35. The molecule has 0 saturated heterocycles. The minimum absolute atomic E-state index is 0.159. The van der Waals surface area contributed by atoms with Crippen molar-refractivity contribution in [2.75, 3.05) is 0 Å². The first-order chi connectivity index (χ1) is 12.0. The fourth-order valence-corrected chi connectivity index (χ4v) is 5.52. The van der Waals surface area contributed by atoms with Crippen LogP contribution in [0.1, 0.15) is 48.2 Å². The van der Waals surface area contributed by atoms with Crippen molar-refractivity contribution in [3.05, 3.63) is 35.5 Å². The molecule has 1 saturated carbocycles. The van der Waals surface area contributed by atoms with Crippen molar-refractivity contribution in [2.45, 2.75) is 48.8 Å². The van der Waals surface area contributed by atoms with E-state index in [4.69, 9.17) is 0 Å². The van der Waals surface area contributed by atoms with E-state index >= 15 is 0 Å².